The maximum absolute atomic E-state index is 11.9. The minimum Gasteiger partial charge on any atom is -0.462 e. The van der Waals surface area contributed by atoms with E-state index in [1.807, 2.05) is 24.3 Å². The third-order valence-corrected chi connectivity index (χ3v) is 2.55. The van der Waals surface area contributed by atoms with Crippen molar-refractivity contribution < 1.29 is 14.3 Å². The molecule has 0 atom stereocenters. The van der Waals surface area contributed by atoms with E-state index in [1.165, 1.54) is 6.92 Å². The molecule has 0 radical (unpaired) electrons. The van der Waals surface area contributed by atoms with Crippen molar-refractivity contribution in [1.82, 2.24) is 0 Å². The first kappa shape index (κ1) is 10.6. The molecular formula is C13H12O3. The summed E-state index contributed by atoms with van der Waals surface area (Å²) in [5, 5.41) is 0. The maximum atomic E-state index is 11.9. The summed E-state index contributed by atoms with van der Waals surface area (Å²) in [6.07, 6.45) is 2.32. The number of hydrogen-bond acceptors (Lipinski definition) is 3. The first-order valence-electron chi connectivity index (χ1n) is 5.13. The van der Waals surface area contributed by atoms with Crippen LogP contribution in [0.4, 0.5) is 0 Å². The number of carbonyl (C=O) groups is 2. The largest absolute Gasteiger partial charge is 0.462 e. The summed E-state index contributed by atoms with van der Waals surface area (Å²) >= 11 is 0. The SMILES string of the molecule is CC(=O)OC/C=C1/Cc2ccccc2C1=O. The second-order valence-corrected chi connectivity index (χ2v) is 3.69. The van der Waals surface area contributed by atoms with Crippen LogP contribution in [0.3, 0.4) is 0 Å². The Bertz CT molecular complexity index is 472. The summed E-state index contributed by atoms with van der Waals surface area (Å²) < 4.78 is 4.78. The lowest BCUT2D eigenvalue weighted by Gasteiger charge is -1.97. The Kier molecular flexibility index (Phi) is 2.86. The highest BCUT2D eigenvalue weighted by Gasteiger charge is 2.23. The number of Topliss-reactive ketones (excluding diaryl/α,β-unsaturated/α-hetero) is 1. The number of fused-ring (bicyclic) bond motifs is 1. The lowest BCUT2D eigenvalue weighted by molar-refractivity contribution is -0.139. The average Bonchev–Trinajstić information content (AvgIpc) is 2.56. The molecule has 16 heavy (non-hydrogen) atoms. The molecule has 0 aliphatic heterocycles. The Balaban J connectivity index is 2.12. The van der Waals surface area contributed by atoms with E-state index in [1.54, 1.807) is 6.08 Å². The highest BCUT2D eigenvalue weighted by molar-refractivity contribution is 6.13. The predicted octanol–water partition coefficient (Wildman–Crippen LogP) is 1.91. The summed E-state index contributed by atoms with van der Waals surface area (Å²) in [6, 6.07) is 7.54. The quantitative estimate of drug-likeness (QED) is 0.560. The molecule has 0 unspecified atom stereocenters. The van der Waals surface area contributed by atoms with Crippen LogP contribution in [0.25, 0.3) is 0 Å². The van der Waals surface area contributed by atoms with Crippen molar-refractivity contribution in [1.29, 1.82) is 0 Å². The third-order valence-electron chi connectivity index (χ3n) is 2.55. The van der Waals surface area contributed by atoms with Crippen LogP contribution in [0, 0.1) is 0 Å². The predicted molar refractivity (Wildman–Crippen MR) is 59.2 cm³/mol. The van der Waals surface area contributed by atoms with Crippen LogP contribution in [0.1, 0.15) is 22.8 Å². The Hall–Kier alpha value is -1.90. The topological polar surface area (TPSA) is 43.4 Å². The van der Waals surface area contributed by atoms with Crippen LogP contribution >= 0.6 is 0 Å². The van der Waals surface area contributed by atoms with Gasteiger partial charge >= 0.3 is 5.97 Å². The minimum absolute atomic E-state index is 0.0442. The van der Waals surface area contributed by atoms with Crippen molar-refractivity contribution in [2.45, 2.75) is 13.3 Å². The summed E-state index contributed by atoms with van der Waals surface area (Å²) in [5.74, 6) is -0.289. The number of carbonyl (C=O) groups excluding carboxylic acids is 2. The van der Waals surface area contributed by atoms with E-state index >= 15 is 0 Å². The van der Waals surface area contributed by atoms with Crippen LogP contribution in [0.15, 0.2) is 35.9 Å². The van der Waals surface area contributed by atoms with Gasteiger partial charge in [0.15, 0.2) is 5.78 Å². The number of allylic oxidation sites excluding steroid dienone is 1. The van der Waals surface area contributed by atoms with E-state index in [9.17, 15) is 9.59 Å². The number of rotatable bonds is 2. The van der Waals surface area contributed by atoms with Gasteiger partial charge in [0.05, 0.1) is 0 Å². The van der Waals surface area contributed by atoms with Crippen molar-refractivity contribution >= 4 is 11.8 Å². The maximum Gasteiger partial charge on any atom is 0.302 e. The van der Waals surface area contributed by atoms with E-state index in [2.05, 4.69) is 0 Å². The van der Waals surface area contributed by atoms with Crippen molar-refractivity contribution in [2.24, 2.45) is 0 Å². The van der Waals surface area contributed by atoms with Gasteiger partial charge in [-0.3, -0.25) is 9.59 Å². The van der Waals surface area contributed by atoms with E-state index < -0.39 is 0 Å². The molecule has 1 aromatic carbocycles. The van der Waals surface area contributed by atoms with E-state index in [0.717, 1.165) is 11.1 Å². The molecule has 0 spiro atoms. The smallest absolute Gasteiger partial charge is 0.302 e. The zero-order valence-corrected chi connectivity index (χ0v) is 9.03. The monoisotopic (exact) mass is 216 g/mol. The molecule has 0 amide bonds. The molecule has 0 saturated carbocycles. The van der Waals surface area contributed by atoms with Gasteiger partial charge in [0.1, 0.15) is 6.61 Å². The van der Waals surface area contributed by atoms with Crippen LogP contribution in [-0.4, -0.2) is 18.4 Å². The second-order valence-electron chi connectivity index (χ2n) is 3.69. The fourth-order valence-electron chi connectivity index (χ4n) is 1.78. The highest BCUT2D eigenvalue weighted by Crippen LogP contribution is 2.25. The average molecular weight is 216 g/mol. The lowest BCUT2D eigenvalue weighted by Crippen LogP contribution is -2.01. The van der Waals surface area contributed by atoms with Crippen LogP contribution in [0.5, 0.6) is 0 Å². The van der Waals surface area contributed by atoms with Crippen LogP contribution in [0.2, 0.25) is 0 Å². The third kappa shape index (κ3) is 2.03. The van der Waals surface area contributed by atoms with Gasteiger partial charge in [-0.05, 0) is 11.6 Å². The zero-order chi connectivity index (χ0) is 11.5. The summed E-state index contributed by atoms with van der Waals surface area (Å²) in [4.78, 5) is 22.4. The fraction of sp³-hybridized carbons (Fsp3) is 0.231. The molecule has 0 saturated heterocycles. The standard InChI is InChI=1S/C13H12O3/c1-9(14)16-7-6-11-8-10-4-2-3-5-12(10)13(11)15/h2-6H,7-8H2,1H3/b11-6-. The minimum atomic E-state index is -0.334. The van der Waals surface area contributed by atoms with E-state index in [4.69, 9.17) is 4.74 Å². The number of hydrogen-bond donors (Lipinski definition) is 0. The summed E-state index contributed by atoms with van der Waals surface area (Å²) in [7, 11) is 0. The summed E-state index contributed by atoms with van der Waals surface area (Å²) in [6.45, 7) is 1.52. The van der Waals surface area contributed by atoms with Gasteiger partial charge in [0.2, 0.25) is 0 Å². The molecule has 0 heterocycles. The van der Waals surface area contributed by atoms with Crippen molar-refractivity contribution in [3.63, 3.8) is 0 Å². The fourth-order valence-corrected chi connectivity index (χ4v) is 1.78. The Labute approximate surface area is 93.7 Å². The van der Waals surface area contributed by atoms with Crippen molar-refractivity contribution in [3.8, 4) is 0 Å². The van der Waals surface area contributed by atoms with Crippen LogP contribution < -0.4 is 0 Å². The van der Waals surface area contributed by atoms with Crippen LogP contribution in [-0.2, 0) is 16.0 Å². The van der Waals surface area contributed by atoms with Gasteiger partial charge in [-0.2, -0.15) is 0 Å². The first-order chi connectivity index (χ1) is 7.68. The van der Waals surface area contributed by atoms with E-state index in [-0.39, 0.29) is 18.4 Å². The van der Waals surface area contributed by atoms with Gasteiger partial charge in [0, 0.05) is 24.5 Å². The van der Waals surface area contributed by atoms with Crippen molar-refractivity contribution in [3.05, 3.63) is 47.0 Å². The van der Waals surface area contributed by atoms with Gasteiger partial charge in [-0.15, -0.1) is 0 Å². The Morgan fingerprint density at radius 2 is 2.19 bits per heavy atom. The first-order valence-corrected chi connectivity index (χ1v) is 5.13. The highest BCUT2D eigenvalue weighted by atomic mass is 16.5. The molecule has 1 aromatic rings. The molecular weight excluding hydrogens is 204 g/mol. The molecule has 0 bridgehead atoms. The van der Waals surface area contributed by atoms with Gasteiger partial charge in [-0.25, -0.2) is 0 Å². The molecule has 2 rings (SSSR count). The molecule has 82 valence electrons. The number of ether oxygens (including phenoxy) is 1. The summed E-state index contributed by atoms with van der Waals surface area (Å²) in [5.41, 5.74) is 2.51. The zero-order valence-electron chi connectivity index (χ0n) is 9.03. The molecule has 3 nitrogen and oxygen atoms in total. The normalized spacial score (nSPS) is 16.3. The van der Waals surface area contributed by atoms with Gasteiger partial charge < -0.3 is 4.74 Å². The second kappa shape index (κ2) is 4.31. The Morgan fingerprint density at radius 3 is 2.88 bits per heavy atom. The molecule has 1 aliphatic rings. The number of esters is 1. The number of benzene rings is 1. The van der Waals surface area contributed by atoms with E-state index in [0.29, 0.717) is 12.0 Å². The molecule has 3 heteroatoms. The molecule has 0 N–H and O–H groups in total. The van der Waals surface area contributed by atoms with Gasteiger partial charge in [-0.1, -0.05) is 24.3 Å². The lowest BCUT2D eigenvalue weighted by atomic mass is 10.1. The van der Waals surface area contributed by atoms with Gasteiger partial charge in [0.25, 0.3) is 0 Å². The van der Waals surface area contributed by atoms with Crippen molar-refractivity contribution in [2.75, 3.05) is 6.61 Å². The number of ketones is 1. The molecule has 0 aromatic heterocycles. The molecule has 0 fully saturated rings. The molecule has 1 aliphatic carbocycles. The Morgan fingerprint density at radius 1 is 1.44 bits per heavy atom.